The Bertz CT molecular complexity index is 1020. The molecule has 3 saturated heterocycles. The number of fused-ring (bicyclic) bond motifs is 3. The van der Waals surface area contributed by atoms with Crippen LogP contribution in [0, 0.1) is 5.92 Å². The van der Waals surface area contributed by atoms with Crippen molar-refractivity contribution in [2.24, 2.45) is 5.92 Å². The average Bonchev–Trinajstić information content (AvgIpc) is 2.83. The number of amides is 1. The summed E-state index contributed by atoms with van der Waals surface area (Å²) in [7, 11) is 0. The van der Waals surface area contributed by atoms with E-state index in [0.29, 0.717) is 5.92 Å². The maximum Gasteiger partial charge on any atom is 0.411 e. The maximum absolute atomic E-state index is 12.8. The van der Waals surface area contributed by atoms with Crippen LogP contribution in [-0.4, -0.2) is 41.2 Å². The van der Waals surface area contributed by atoms with Crippen LogP contribution in [0.1, 0.15) is 18.4 Å². The Kier molecular flexibility index (Phi) is 5.67. The van der Waals surface area contributed by atoms with Crippen molar-refractivity contribution in [2.45, 2.75) is 31.4 Å². The van der Waals surface area contributed by atoms with Gasteiger partial charge in [0.2, 0.25) is 0 Å². The van der Waals surface area contributed by atoms with Gasteiger partial charge in [0.15, 0.2) is 0 Å². The number of nitrogens with zero attached hydrogens (tertiary/aromatic N) is 2. The summed E-state index contributed by atoms with van der Waals surface area (Å²) in [5, 5.41) is 2.95. The second-order valence-electron chi connectivity index (χ2n) is 8.45. The highest BCUT2D eigenvalue weighted by Crippen LogP contribution is 2.36. The molecule has 0 saturated carbocycles. The number of hydrogen-bond acceptors (Lipinski definition) is 4. The monoisotopic (exact) mass is 413 g/mol. The van der Waals surface area contributed by atoms with Crippen molar-refractivity contribution in [3.8, 4) is 11.1 Å². The Balaban J connectivity index is 1.29. The minimum absolute atomic E-state index is 0.0972. The number of aromatic nitrogens is 1. The standard InChI is InChI=1S/C26H27N3O2/c30-26(28-23-10-4-9-22(17-23)20-7-2-1-3-8-20)31-25-21-11-14-29(15-12-21)24(25)16-19-6-5-13-27-18-19/h1-10,13,17-18,21,24-25H,11-12,14-16H2,(H,28,30). The smallest absolute Gasteiger partial charge is 0.411 e. The molecular formula is C26H27N3O2. The summed E-state index contributed by atoms with van der Waals surface area (Å²) in [6.07, 6.45) is 6.26. The second kappa shape index (κ2) is 8.90. The van der Waals surface area contributed by atoms with Gasteiger partial charge in [-0.3, -0.25) is 15.2 Å². The number of rotatable bonds is 5. The van der Waals surface area contributed by atoms with E-state index in [1.54, 1.807) is 6.20 Å². The van der Waals surface area contributed by atoms with Crippen molar-refractivity contribution >= 4 is 11.8 Å². The molecule has 3 aromatic rings. The van der Waals surface area contributed by atoms with Gasteiger partial charge < -0.3 is 4.74 Å². The van der Waals surface area contributed by atoms with E-state index in [1.165, 1.54) is 5.56 Å². The van der Waals surface area contributed by atoms with Gasteiger partial charge in [-0.1, -0.05) is 48.5 Å². The fourth-order valence-corrected chi connectivity index (χ4v) is 4.96. The molecule has 5 heteroatoms. The van der Waals surface area contributed by atoms with E-state index in [0.717, 1.165) is 49.2 Å². The van der Waals surface area contributed by atoms with Crippen LogP contribution in [0.2, 0.25) is 0 Å². The van der Waals surface area contributed by atoms with Crippen LogP contribution < -0.4 is 5.32 Å². The van der Waals surface area contributed by atoms with E-state index >= 15 is 0 Å². The first-order chi connectivity index (χ1) is 15.3. The van der Waals surface area contributed by atoms with Gasteiger partial charge in [-0.15, -0.1) is 0 Å². The third-order valence-electron chi connectivity index (χ3n) is 6.51. The third-order valence-corrected chi connectivity index (χ3v) is 6.51. The van der Waals surface area contributed by atoms with Gasteiger partial charge in [-0.2, -0.15) is 0 Å². The Labute approximate surface area is 183 Å². The van der Waals surface area contributed by atoms with Crippen molar-refractivity contribution in [3.05, 3.63) is 84.7 Å². The summed E-state index contributed by atoms with van der Waals surface area (Å²) in [5.74, 6) is 0.424. The van der Waals surface area contributed by atoms with Gasteiger partial charge >= 0.3 is 6.09 Å². The first-order valence-corrected chi connectivity index (χ1v) is 11.0. The zero-order valence-corrected chi connectivity index (χ0v) is 17.5. The van der Waals surface area contributed by atoms with E-state index < -0.39 is 0 Å². The molecule has 3 fully saturated rings. The maximum atomic E-state index is 12.8. The summed E-state index contributed by atoms with van der Waals surface area (Å²) >= 11 is 0. The quantitative estimate of drug-likeness (QED) is 0.639. The first-order valence-electron chi connectivity index (χ1n) is 11.0. The topological polar surface area (TPSA) is 54.5 Å². The van der Waals surface area contributed by atoms with Crippen molar-refractivity contribution in [2.75, 3.05) is 18.4 Å². The molecule has 0 aliphatic carbocycles. The van der Waals surface area contributed by atoms with Crippen LogP contribution in [0.25, 0.3) is 11.1 Å². The number of pyridine rings is 1. The van der Waals surface area contributed by atoms with E-state index in [2.05, 4.69) is 33.4 Å². The van der Waals surface area contributed by atoms with Crippen LogP contribution in [0.15, 0.2) is 79.1 Å². The molecule has 3 aliphatic heterocycles. The highest BCUT2D eigenvalue weighted by Gasteiger charge is 2.44. The van der Waals surface area contributed by atoms with E-state index in [-0.39, 0.29) is 18.2 Å². The lowest BCUT2D eigenvalue weighted by Gasteiger charge is -2.50. The highest BCUT2D eigenvalue weighted by molar-refractivity contribution is 5.86. The lowest BCUT2D eigenvalue weighted by molar-refractivity contribution is -0.0741. The molecule has 1 N–H and O–H groups in total. The second-order valence-corrected chi connectivity index (χ2v) is 8.45. The van der Waals surface area contributed by atoms with Crippen molar-refractivity contribution in [3.63, 3.8) is 0 Å². The van der Waals surface area contributed by atoms with Crippen LogP contribution in [0.3, 0.4) is 0 Å². The number of piperidine rings is 3. The predicted octanol–water partition coefficient (Wildman–Crippen LogP) is 5.00. The van der Waals surface area contributed by atoms with Crippen molar-refractivity contribution in [1.82, 2.24) is 9.88 Å². The summed E-state index contributed by atoms with van der Waals surface area (Å²) in [4.78, 5) is 19.6. The molecule has 31 heavy (non-hydrogen) atoms. The Morgan fingerprint density at radius 1 is 1.00 bits per heavy atom. The number of ether oxygens (including phenoxy) is 1. The van der Waals surface area contributed by atoms with Crippen molar-refractivity contribution in [1.29, 1.82) is 0 Å². The molecule has 1 amide bonds. The average molecular weight is 414 g/mol. The number of hydrogen-bond donors (Lipinski definition) is 1. The number of nitrogens with one attached hydrogen (secondary N) is 1. The lowest BCUT2D eigenvalue weighted by atomic mass is 9.78. The number of benzene rings is 2. The molecule has 4 heterocycles. The first kappa shape index (κ1) is 19.8. The largest absolute Gasteiger partial charge is 0.444 e. The normalized spacial score (nSPS) is 24.5. The van der Waals surface area contributed by atoms with Gasteiger partial charge in [0, 0.05) is 24.0 Å². The molecule has 0 spiro atoms. The number of carbonyl (C=O) groups is 1. The van der Waals surface area contributed by atoms with E-state index in [1.807, 2.05) is 54.7 Å². The summed E-state index contributed by atoms with van der Waals surface area (Å²) in [6.45, 7) is 2.16. The van der Waals surface area contributed by atoms with Gasteiger partial charge in [0.25, 0.3) is 0 Å². The molecule has 2 bridgehead atoms. The van der Waals surface area contributed by atoms with E-state index in [4.69, 9.17) is 4.74 Å². The fraction of sp³-hybridized carbons (Fsp3) is 0.308. The van der Waals surface area contributed by atoms with Crippen LogP contribution in [-0.2, 0) is 11.2 Å². The zero-order chi connectivity index (χ0) is 21.0. The zero-order valence-electron chi connectivity index (χ0n) is 17.5. The summed E-state index contributed by atoms with van der Waals surface area (Å²) in [6, 6.07) is 22.3. The Morgan fingerprint density at radius 2 is 1.81 bits per heavy atom. The highest BCUT2D eigenvalue weighted by atomic mass is 16.6. The Hall–Kier alpha value is -3.18. The van der Waals surface area contributed by atoms with Gasteiger partial charge in [0.05, 0.1) is 6.04 Å². The Morgan fingerprint density at radius 3 is 2.58 bits per heavy atom. The third kappa shape index (κ3) is 4.47. The molecule has 6 rings (SSSR count). The molecule has 2 unspecified atom stereocenters. The molecule has 1 aromatic heterocycles. The van der Waals surface area contributed by atoms with E-state index in [9.17, 15) is 4.79 Å². The van der Waals surface area contributed by atoms with Gasteiger partial charge in [-0.05, 0) is 67.2 Å². The molecule has 2 atom stereocenters. The summed E-state index contributed by atoms with van der Waals surface area (Å²) in [5.41, 5.74) is 4.12. The summed E-state index contributed by atoms with van der Waals surface area (Å²) < 4.78 is 6.05. The molecule has 2 aromatic carbocycles. The van der Waals surface area contributed by atoms with Crippen molar-refractivity contribution < 1.29 is 9.53 Å². The van der Waals surface area contributed by atoms with Crippen LogP contribution in [0.5, 0.6) is 0 Å². The predicted molar refractivity (Wildman–Crippen MR) is 122 cm³/mol. The number of carbonyl (C=O) groups excluding carboxylic acids is 1. The molecule has 5 nitrogen and oxygen atoms in total. The molecule has 3 aliphatic rings. The lowest BCUT2D eigenvalue weighted by Crippen LogP contribution is -2.60. The van der Waals surface area contributed by atoms with Crippen LogP contribution >= 0.6 is 0 Å². The fourth-order valence-electron chi connectivity index (χ4n) is 4.96. The molecule has 158 valence electrons. The SMILES string of the molecule is O=C(Nc1cccc(-c2ccccc2)c1)OC1C2CCN(CC2)C1Cc1cccnc1. The minimum atomic E-state index is -0.375. The van der Waals surface area contributed by atoms with Crippen LogP contribution in [0.4, 0.5) is 10.5 Å². The molecular weight excluding hydrogens is 386 g/mol. The minimum Gasteiger partial charge on any atom is -0.444 e. The van der Waals surface area contributed by atoms with Gasteiger partial charge in [-0.25, -0.2) is 4.79 Å². The van der Waals surface area contributed by atoms with Gasteiger partial charge in [0.1, 0.15) is 6.10 Å². The number of anilines is 1. The molecule has 0 radical (unpaired) electrons.